The summed E-state index contributed by atoms with van der Waals surface area (Å²) in [4.78, 5) is 12.4. The Morgan fingerprint density at radius 1 is 1.24 bits per heavy atom. The van der Waals surface area contributed by atoms with E-state index in [-0.39, 0.29) is 11.9 Å². The number of fused-ring (bicyclic) bond motifs is 1. The van der Waals surface area contributed by atoms with E-state index in [2.05, 4.69) is 25.2 Å². The lowest BCUT2D eigenvalue weighted by molar-refractivity contribution is -0.121. The predicted molar refractivity (Wildman–Crippen MR) is 95.1 cm³/mol. The molecule has 2 aromatic rings. The fourth-order valence-corrected chi connectivity index (χ4v) is 3.62. The van der Waals surface area contributed by atoms with Crippen molar-refractivity contribution in [1.29, 1.82) is 0 Å². The van der Waals surface area contributed by atoms with E-state index in [0.717, 1.165) is 42.4 Å². The van der Waals surface area contributed by atoms with Crippen LogP contribution in [-0.2, 0) is 31.2 Å². The Kier molecular flexibility index (Phi) is 5.20. The van der Waals surface area contributed by atoms with Gasteiger partial charge < -0.3 is 9.88 Å². The van der Waals surface area contributed by atoms with Gasteiger partial charge in [-0.3, -0.25) is 9.48 Å². The van der Waals surface area contributed by atoms with Crippen molar-refractivity contribution >= 4 is 5.91 Å². The first-order chi connectivity index (χ1) is 12.0. The van der Waals surface area contributed by atoms with Crippen molar-refractivity contribution in [2.24, 2.45) is 7.05 Å². The molecule has 1 amide bonds. The van der Waals surface area contributed by atoms with Crippen molar-refractivity contribution in [3.8, 4) is 0 Å². The van der Waals surface area contributed by atoms with E-state index in [1.165, 1.54) is 18.4 Å². The summed E-state index contributed by atoms with van der Waals surface area (Å²) in [7, 11) is 1.94. The Bertz CT molecular complexity index is 760. The fourth-order valence-electron chi connectivity index (χ4n) is 3.62. The molecule has 25 heavy (non-hydrogen) atoms. The minimum atomic E-state index is -0.122. The predicted octanol–water partition coefficient (Wildman–Crippen LogP) is 2.16. The van der Waals surface area contributed by atoms with E-state index < -0.39 is 0 Å². The van der Waals surface area contributed by atoms with E-state index in [4.69, 9.17) is 0 Å². The maximum Gasteiger partial charge on any atom is 0.220 e. The Morgan fingerprint density at radius 3 is 2.76 bits per heavy atom. The Labute approximate surface area is 148 Å². The summed E-state index contributed by atoms with van der Waals surface area (Å²) in [5.41, 5.74) is 3.30. The van der Waals surface area contributed by atoms with Gasteiger partial charge >= 0.3 is 0 Å². The highest BCUT2D eigenvalue weighted by Gasteiger charge is 2.21. The maximum absolute atomic E-state index is 12.4. The first kappa shape index (κ1) is 17.6. The van der Waals surface area contributed by atoms with Gasteiger partial charge in [0.1, 0.15) is 5.82 Å². The molecule has 0 saturated heterocycles. The molecule has 0 spiro atoms. The van der Waals surface area contributed by atoms with Crippen molar-refractivity contribution in [1.82, 2.24) is 29.9 Å². The minimum Gasteiger partial charge on any atom is -0.346 e. The number of hydrogen-bond acceptors (Lipinski definition) is 4. The third-order valence-corrected chi connectivity index (χ3v) is 5.16. The Hall–Kier alpha value is -2.18. The summed E-state index contributed by atoms with van der Waals surface area (Å²) in [6.45, 7) is 6.97. The Balaban J connectivity index is 1.60. The van der Waals surface area contributed by atoms with E-state index in [0.29, 0.717) is 12.8 Å². The summed E-state index contributed by atoms with van der Waals surface area (Å²) < 4.78 is 4.06. The molecule has 0 aromatic carbocycles. The van der Waals surface area contributed by atoms with Crippen molar-refractivity contribution in [3.05, 3.63) is 28.6 Å². The molecule has 3 rings (SSSR count). The van der Waals surface area contributed by atoms with Crippen molar-refractivity contribution in [2.45, 2.75) is 71.9 Å². The van der Waals surface area contributed by atoms with Gasteiger partial charge in [-0.25, -0.2) is 0 Å². The second-order valence-corrected chi connectivity index (χ2v) is 7.00. The van der Waals surface area contributed by atoms with Crippen LogP contribution in [-0.4, -0.2) is 30.5 Å². The highest BCUT2D eigenvalue weighted by Crippen LogP contribution is 2.19. The fraction of sp³-hybridized carbons (Fsp3) is 0.667. The topological polar surface area (TPSA) is 77.6 Å². The van der Waals surface area contributed by atoms with Gasteiger partial charge in [-0.2, -0.15) is 5.10 Å². The minimum absolute atomic E-state index is 0.0427. The van der Waals surface area contributed by atoms with Crippen LogP contribution < -0.4 is 5.32 Å². The van der Waals surface area contributed by atoms with Crippen LogP contribution in [0.25, 0.3) is 0 Å². The van der Waals surface area contributed by atoms with Gasteiger partial charge in [0.15, 0.2) is 5.82 Å². The lowest BCUT2D eigenvalue weighted by Crippen LogP contribution is -2.29. The summed E-state index contributed by atoms with van der Waals surface area (Å²) in [6.07, 6.45) is 5.70. The van der Waals surface area contributed by atoms with Gasteiger partial charge in [0.25, 0.3) is 0 Å². The summed E-state index contributed by atoms with van der Waals surface area (Å²) in [5.74, 6) is 1.97. The molecule has 1 aliphatic rings. The molecule has 0 saturated carbocycles. The molecule has 0 bridgehead atoms. The number of aryl methyl sites for hydroxylation is 3. The summed E-state index contributed by atoms with van der Waals surface area (Å²) in [5, 5.41) is 16.1. The molecule has 1 aliphatic heterocycles. The highest BCUT2D eigenvalue weighted by atomic mass is 16.1. The number of hydrogen-bond donors (Lipinski definition) is 1. The monoisotopic (exact) mass is 344 g/mol. The molecule has 1 unspecified atom stereocenters. The van der Waals surface area contributed by atoms with Crippen LogP contribution in [0.3, 0.4) is 0 Å². The number of nitrogens with one attached hydrogen (secondary N) is 1. The zero-order valence-electron chi connectivity index (χ0n) is 15.7. The SMILES string of the molecule is Cc1nn(C)c(C)c1CCC(=O)NC(C)c1nnc2n1CCCCC2. The van der Waals surface area contributed by atoms with Crippen LogP contribution in [0, 0.1) is 13.8 Å². The van der Waals surface area contributed by atoms with Gasteiger partial charge in [0, 0.05) is 32.1 Å². The molecule has 1 atom stereocenters. The zero-order chi connectivity index (χ0) is 18.0. The van der Waals surface area contributed by atoms with Gasteiger partial charge in [-0.1, -0.05) is 6.42 Å². The molecule has 7 heteroatoms. The highest BCUT2D eigenvalue weighted by molar-refractivity contribution is 5.76. The van der Waals surface area contributed by atoms with Gasteiger partial charge in [0.2, 0.25) is 5.91 Å². The zero-order valence-corrected chi connectivity index (χ0v) is 15.7. The number of nitrogens with zero attached hydrogens (tertiary/aromatic N) is 5. The quantitative estimate of drug-likeness (QED) is 0.902. The van der Waals surface area contributed by atoms with Crippen LogP contribution in [0.15, 0.2) is 0 Å². The van der Waals surface area contributed by atoms with Crippen molar-refractivity contribution < 1.29 is 4.79 Å². The van der Waals surface area contributed by atoms with Crippen molar-refractivity contribution in [2.75, 3.05) is 0 Å². The number of aromatic nitrogens is 5. The number of amides is 1. The third kappa shape index (κ3) is 3.75. The second kappa shape index (κ2) is 7.37. The van der Waals surface area contributed by atoms with Crippen molar-refractivity contribution in [3.63, 3.8) is 0 Å². The molecule has 3 heterocycles. The average molecular weight is 344 g/mol. The lowest BCUT2D eigenvalue weighted by Gasteiger charge is -2.15. The molecule has 0 radical (unpaired) electrons. The van der Waals surface area contributed by atoms with E-state index in [1.54, 1.807) is 0 Å². The largest absolute Gasteiger partial charge is 0.346 e. The summed E-state index contributed by atoms with van der Waals surface area (Å²) in [6, 6.07) is -0.122. The first-order valence-electron chi connectivity index (χ1n) is 9.17. The van der Waals surface area contributed by atoms with Crippen LogP contribution in [0.1, 0.15) is 67.2 Å². The molecular formula is C18H28N6O. The van der Waals surface area contributed by atoms with E-state index in [1.807, 2.05) is 32.5 Å². The smallest absolute Gasteiger partial charge is 0.220 e. The third-order valence-electron chi connectivity index (χ3n) is 5.16. The molecule has 0 aliphatic carbocycles. The van der Waals surface area contributed by atoms with E-state index >= 15 is 0 Å². The molecular weight excluding hydrogens is 316 g/mol. The molecule has 2 aromatic heterocycles. The van der Waals surface area contributed by atoms with Gasteiger partial charge in [-0.05, 0) is 45.6 Å². The van der Waals surface area contributed by atoms with Crippen LogP contribution in [0.5, 0.6) is 0 Å². The molecule has 7 nitrogen and oxygen atoms in total. The number of carbonyl (C=O) groups is 1. The van der Waals surface area contributed by atoms with Crippen LogP contribution in [0.2, 0.25) is 0 Å². The molecule has 136 valence electrons. The lowest BCUT2D eigenvalue weighted by atomic mass is 10.1. The van der Waals surface area contributed by atoms with Gasteiger partial charge in [-0.15, -0.1) is 10.2 Å². The van der Waals surface area contributed by atoms with E-state index in [9.17, 15) is 4.79 Å². The normalized spacial score (nSPS) is 15.5. The molecule has 1 N–H and O–H groups in total. The standard InChI is InChI=1S/C18H28N6O/c1-12-15(14(3)23(4)22-12)9-10-17(25)19-13(2)18-21-20-16-8-6-5-7-11-24(16)18/h13H,5-11H2,1-4H3,(H,19,25). The maximum atomic E-state index is 12.4. The molecule has 0 fully saturated rings. The van der Waals surface area contributed by atoms with Gasteiger partial charge in [0.05, 0.1) is 11.7 Å². The number of rotatable bonds is 5. The summed E-state index contributed by atoms with van der Waals surface area (Å²) >= 11 is 0. The Morgan fingerprint density at radius 2 is 2.04 bits per heavy atom. The number of carbonyl (C=O) groups excluding carboxylic acids is 1. The average Bonchev–Trinajstić information content (AvgIpc) is 2.97. The van der Waals surface area contributed by atoms with Crippen LogP contribution >= 0.6 is 0 Å². The first-order valence-corrected chi connectivity index (χ1v) is 9.17. The van der Waals surface area contributed by atoms with Crippen LogP contribution in [0.4, 0.5) is 0 Å². The second-order valence-electron chi connectivity index (χ2n) is 7.00.